The van der Waals surface area contributed by atoms with Crippen LogP contribution in [0.25, 0.3) is 0 Å². The SMILES string of the molecule is CCC(C)(C)N(C)S(=O)(=O)c1cccc(CNC)c1. The fourth-order valence-corrected chi connectivity index (χ4v) is 3.37. The first-order chi connectivity index (χ1) is 8.75. The third kappa shape index (κ3) is 3.55. The van der Waals surface area contributed by atoms with Crippen molar-refractivity contribution in [2.75, 3.05) is 14.1 Å². The van der Waals surface area contributed by atoms with Crippen molar-refractivity contribution >= 4 is 10.0 Å². The Bertz CT molecular complexity index is 524. The number of benzene rings is 1. The topological polar surface area (TPSA) is 49.4 Å². The maximum Gasteiger partial charge on any atom is 0.243 e. The van der Waals surface area contributed by atoms with Gasteiger partial charge >= 0.3 is 0 Å². The van der Waals surface area contributed by atoms with E-state index in [1.165, 1.54) is 4.31 Å². The van der Waals surface area contributed by atoms with E-state index in [1.807, 2.05) is 33.9 Å². The normalized spacial score (nSPS) is 12.9. The average molecular weight is 284 g/mol. The summed E-state index contributed by atoms with van der Waals surface area (Å²) in [6.45, 7) is 6.51. The quantitative estimate of drug-likeness (QED) is 0.871. The van der Waals surface area contributed by atoms with Crippen LogP contribution in [0.4, 0.5) is 0 Å². The summed E-state index contributed by atoms with van der Waals surface area (Å²) in [5.74, 6) is 0. The molecule has 0 fully saturated rings. The van der Waals surface area contributed by atoms with Crippen LogP contribution in [-0.4, -0.2) is 32.4 Å². The molecule has 108 valence electrons. The van der Waals surface area contributed by atoms with Gasteiger partial charge in [0.2, 0.25) is 10.0 Å². The summed E-state index contributed by atoms with van der Waals surface area (Å²) in [6.07, 6.45) is 0.763. The first-order valence-electron chi connectivity index (χ1n) is 6.48. The Morgan fingerprint density at radius 3 is 2.47 bits per heavy atom. The lowest BCUT2D eigenvalue weighted by Crippen LogP contribution is -2.44. The van der Waals surface area contributed by atoms with E-state index in [4.69, 9.17) is 0 Å². The Kier molecular flexibility index (Phi) is 5.12. The number of nitrogens with one attached hydrogen (secondary N) is 1. The summed E-state index contributed by atoms with van der Waals surface area (Å²) >= 11 is 0. The van der Waals surface area contributed by atoms with Crippen LogP contribution >= 0.6 is 0 Å². The first-order valence-corrected chi connectivity index (χ1v) is 7.92. The van der Waals surface area contributed by atoms with Gasteiger partial charge in [-0.1, -0.05) is 19.1 Å². The van der Waals surface area contributed by atoms with Gasteiger partial charge in [-0.25, -0.2) is 8.42 Å². The summed E-state index contributed by atoms with van der Waals surface area (Å²) in [5.41, 5.74) is 0.573. The standard InChI is InChI=1S/C14H24N2O2S/c1-6-14(2,3)16(5)19(17,18)13-9-7-8-12(10-13)11-15-4/h7-10,15H,6,11H2,1-5H3. The van der Waals surface area contributed by atoms with Crippen molar-refractivity contribution in [1.29, 1.82) is 0 Å². The molecule has 0 aromatic heterocycles. The third-order valence-corrected chi connectivity index (χ3v) is 5.72. The predicted octanol–water partition coefficient (Wildman–Crippen LogP) is 2.22. The zero-order valence-electron chi connectivity index (χ0n) is 12.4. The molecule has 0 spiro atoms. The van der Waals surface area contributed by atoms with Gasteiger partial charge in [0.15, 0.2) is 0 Å². The van der Waals surface area contributed by atoms with E-state index >= 15 is 0 Å². The largest absolute Gasteiger partial charge is 0.316 e. The maximum absolute atomic E-state index is 12.6. The van der Waals surface area contributed by atoms with Crippen LogP contribution in [-0.2, 0) is 16.6 Å². The molecule has 1 aromatic carbocycles. The highest BCUT2D eigenvalue weighted by atomic mass is 32.2. The Labute approximate surface area is 116 Å². The van der Waals surface area contributed by atoms with Crippen LogP contribution < -0.4 is 5.32 Å². The van der Waals surface area contributed by atoms with E-state index in [0.717, 1.165) is 12.0 Å². The van der Waals surface area contributed by atoms with Crippen molar-refractivity contribution in [3.05, 3.63) is 29.8 Å². The molecule has 5 heteroatoms. The van der Waals surface area contributed by atoms with Gasteiger partial charge in [-0.15, -0.1) is 0 Å². The number of rotatable bonds is 6. The molecule has 0 aliphatic rings. The predicted molar refractivity (Wildman–Crippen MR) is 78.5 cm³/mol. The molecule has 0 aliphatic carbocycles. The van der Waals surface area contributed by atoms with Gasteiger partial charge in [-0.3, -0.25) is 0 Å². The minimum atomic E-state index is -3.44. The van der Waals surface area contributed by atoms with Gasteiger partial charge in [0, 0.05) is 19.1 Å². The summed E-state index contributed by atoms with van der Waals surface area (Å²) in [7, 11) is 0.0392. The summed E-state index contributed by atoms with van der Waals surface area (Å²) in [5, 5.41) is 3.02. The van der Waals surface area contributed by atoms with Crippen LogP contribution in [0.15, 0.2) is 29.2 Å². The van der Waals surface area contributed by atoms with Crippen LogP contribution in [0.5, 0.6) is 0 Å². The zero-order valence-corrected chi connectivity index (χ0v) is 13.2. The van der Waals surface area contributed by atoms with Crippen molar-refractivity contribution in [3.8, 4) is 0 Å². The third-order valence-electron chi connectivity index (χ3n) is 3.66. The van der Waals surface area contributed by atoms with E-state index < -0.39 is 15.6 Å². The van der Waals surface area contributed by atoms with Crippen molar-refractivity contribution < 1.29 is 8.42 Å². The molecule has 0 heterocycles. The molecule has 4 nitrogen and oxygen atoms in total. The second-order valence-corrected chi connectivity index (χ2v) is 7.29. The number of nitrogens with zero attached hydrogens (tertiary/aromatic N) is 1. The van der Waals surface area contributed by atoms with Crippen LogP contribution in [0.2, 0.25) is 0 Å². The second kappa shape index (κ2) is 6.03. The van der Waals surface area contributed by atoms with Gasteiger partial charge in [0.1, 0.15) is 0 Å². The molecule has 0 atom stereocenters. The molecule has 1 aromatic rings. The average Bonchev–Trinajstić information content (AvgIpc) is 2.38. The lowest BCUT2D eigenvalue weighted by atomic mass is 10.0. The van der Waals surface area contributed by atoms with Gasteiger partial charge in [-0.2, -0.15) is 4.31 Å². The fraction of sp³-hybridized carbons (Fsp3) is 0.571. The van der Waals surface area contributed by atoms with Crippen molar-refractivity contribution in [3.63, 3.8) is 0 Å². The van der Waals surface area contributed by atoms with Gasteiger partial charge in [0.05, 0.1) is 4.90 Å². The van der Waals surface area contributed by atoms with E-state index in [1.54, 1.807) is 25.2 Å². The lowest BCUT2D eigenvalue weighted by Gasteiger charge is -2.33. The van der Waals surface area contributed by atoms with Crippen molar-refractivity contribution in [2.24, 2.45) is 0 Å². The number of hydrogen-bond acceptors (Lipinski definition) is 3. The number of hydrogen-bond donors (Lipinski definition) is 1. The van der Waals surface area contributed by atoms with Crippen molar-refractivity contribution in [1.82, 2.24) is 9.62 Å². The maximum atomic E-state index is 12.6. The minimum Gasteiger partial charge on any atom is -0.316 e. The molecule has 0 bridgehead atoms. The smallest absolute Gasteiger partial charge is 0.243 e. The lowest BCUT2D eigenvalue weighted by molar-refractivity contribution is 0.257. The highest BCUT2D eigenvalue weighted by Gasteiger charge is 2.32. The fourth-order valence-electron chi connectivity index (χ4n) is 1.73. The van der Waals surface area contributed by atoms with Gasteiger partial charge in [0.25, 0.3) is 0 Å². The molecule has 0 saturated heterocycles. The highest BCUT2D eigenvalue weighted by Crippen LogP contribution is 2.25. The first kappa shape index (κ1) is 16.1. The molecule has 0 amide bonds. The summed E-state index contributed by atoms with van der Waals surface area (Å²) in [6, 6.07) is 7.08. The summed E-state index contributed by atoms with van der Waals surface area (Å²) in [4.78, 5) is 0.351. The number of sulfonamides is 1. The van der Waals surface area contributed by atoms with E-state index in [2.05, 4.69) is 5.32 Å². The molecule has 19 heavy (non-hydrogen) atoms. The van der Waals surface area contributed by atoms with E-state index in [-0.39, 0.29) is 0 Å². The van der Waals surface area contributed by atoms with Crippen molar-refractivity contribution in [2.45, 2.75) is 44.2 Å². The second-order valence-electron chi connectivity index (χ2n) is 5.32. The van der Waals surface area contributed by atoms with Gasteiger partial charge < -0.3 is 5.32 Å². The Balaban J connectivity index is 3.17. The Morgan fingerprint density at radius 1 is 1.32 bits per heavy atom. The van der Waals surface area contributed by atoms with Crippen LogP contribution in [0.3, 0.4) is 0 Å². The molecular weight excluding hydrogens is 260 g/mol. The van der Waals surface area contributed by atoms with Crippen LogP contribution in [0.1, 0.15) is 32.8 Å². The molecule has 0 saturated carbocycles. The molecule has 1 N–H and O–H groups in total. The molecule has 0 radical (unpaired) electrons. The molecule has 0 unspecified atom stereocenters. The minimum absolute atomic E-state index is 0.351. The molecule has 0 aliphatic heterocycles. The van der Waals surface area contributed by atoms with E-state index in [0.29, 0.717) is 11.4 Å². The summed E-state index contributed by atoms with van der Waals surface area (Å²) < 4.78 is 26.7. The van der Waals surface area contributed by atoms with Crippen LogP contribution in [0, 0.1) is 0 Å². The van der Waals surface area contributed by atoms with E-state index in [9.17, 15) is 8.42 Å². The zero-order chi connectivity index (χ0) is 14.7. The molecular formula is C14H24N2O2S. The Hall–Kier alpha value is -0.910. The van der Waals surface area contributed by atoms with Gasteiger partial charge in [-0.05, 0) is 45.0 Å². The highest BCUT2D eigenvalue weighted by molar-refractivity contribution is 7.89. The molecule has 1 rings (SSSR count). The monoisotopic (exact) mass is 284 g/mol. The Morgan fingerprint density at radius 2 is 1.95 bits per heavy atom.